The minimum absolute atomic E-state index is 0.361. The van der Waals surface area contributed by atoms with E-state index in [0.717, 1.165) is 6.42 Å². The maximum atomic E-state index is 3.99. The molecular formula is C8H9N. The molecule has 0 amide bonds. The van der Waals surface area contributed by atoms with Gasteiger partial charge in [0.1, 0.15) is 0 Å². The van der Waals surface area contributed by atoms with E-state index in [0.29, 0.717) is 5.92 Å². The van der Waals surface area contributed by atoms with Gasteiger partial charge in [0.05, 0.1) is 5.92 Å². The second kappa shape index (κ2) is 3.09. The van der Waals surface area contributed by atoms with E-state index in [1.54, 1.807) is 12.3 Å². The van der Waals surface area contributed by atoms with Crippen LogP contribution in [0.4, 0.5) is 0 Å². The first-order valence-electron chi connectivity index (χ1n) is 3.13. The number of aliphatic imine (C=N–C) groups is 1. The average molecular weight is 119 g/mol. The molecule has 1 heterocycles. The van der Waals surface area contributed by atoms with Crippen molar-refractivity contribution in [1.82, 2.24) is 0 Å². The molecule has 0 spiro atoms. The fourth-order valence-corrected chi connectivity index (χ4v) is 0.634. The quantitative estimate of drug-likeness (QED) is 0.465. The minimum Gasteiger partial charge on any atom is -0.267 e. The van der Waals surface area contributed by atoms with Crippen LogP contribution in [0.25, 0.3) is 0 Å². The summed E-state index contributed by atoms with van der Waals surface area (Å²) in [6.45, 7) is 2.11. The molecule has 0 saturated carbocycles. The normalized spacial score (nSPS) is 22.6. The van der Waals surface area contributed by atoms with Crippen molar-refractivity contribution < 1.29 is 0 Å². The van der Waals surface area contributed by atoms with Crippen molar-refractivity contribution in [2.75, 3.05) is 0 Å². The maximum absolute atomic E-state index is 3.99. The second-order valence-electron chi connectivity index (χ2n) is 1.92. The molecule has 0 bridgehead atoms. The molecule has 1 aliphatic heterocycles. The third-order valence-electron chi connectivity index (χ3n) is 1.22. The number of nitrogens with zero attached hydrogens (tertiary/aromatic N) is 1. The summed E-state index contributed by atoms with van der Waals surface area (Å²) in [6, 6.07) is 0. The van der Waals surface area contributed by atoms with Crippen LogP contribution in [0.2, 0.25) is 0 Å². The van der Waals surface area contributed by atoms with Gasteiger partial charge in [-0.25, -0.2) is 0 Å². The summed E-state index contributed by atoms with van der Waals surface area (Å²) in [5.74, 6) is 6.30. The summed E-state index contributed by atoms with van der Waals surface area (Å²) < 4.78 is 0. The summed E-state index contributed by atoms with van der Waals surface area (Å²) in [6.07, 6.45) is 6.43. The van der Waals surface area contributed by atoms with Gasteiger partial charge in [0, 0.05) is 18.5 Å². The number of hydrogen-bond acceptors (Lipinski definition) is 1. The third-order valence-corrected chi connectivity index (χ3v) is 1.22. The van der Waals surface area contributed by atoms with Crippen molar-refractivity contribution in [3.8, 4) is 11.8 Å². The molecule has 0 aliphatic carbocycles. The molecule has 1 atom stereocenters. The van der Waals surface area contributed by atoms with Gasteiger partial charge in [0.25, 0.3) is 0 Å². The van der Waals surface area contributed by atoms with Crippen molar-refractivity contribution in [1.29, 1.82) is 0 Å². The molecule has 1 aliphatic rings. The van der Waals surface area contributed by atoms with E-state index in [1.807, 2.05) is 6.21 Å². The van der Waals surface area contributed by atoms with Crippen molar-refractivity contribution in [3.63, 3.8) is 0 Å². The first-order chi connectivity index (χ1) is 4.43. The zero-order valence-corrected chi connectivity index (χ0v) is 5.46. The third kappa shape index (κ3) is 1.73. The molecule has 0 saturated heterocycles. The van der Waals surface area contributed by atoms with Gasteiger partial charge in [-0.1, -0.05) is 18.8 Å². The van der Waals surface area contributed by atoms with Crippen LogP contribution in [0.1, 0.15) is 13.3 Å². The molecule has 46 valence electrons. The monoisotopic (exact) mass is 119 g/mol. The molecule has 0 fully saturated rings. The van der Waals surface area contributed by atoms with Crippen molar-refractivity contribution in [2.24, 2.45) is 10.9 Å². The highest BCUT2D eigenvalue weighted by Gasteiger charge is 1.95. The zero-order valence-electron chi connectivity index (χ0n) is 5.46. The van der Waals surface area contributed by atoms with Crippen LogP contribution in [-0.2, 0) is 0 Å². The highest BCUT2D eigenvalue weighted by atomic mass is 14.7. The van der Waals surface area contributed by atoms with E-state index in [2.05, 4.69) is 23.8 Å². The smallest absolute Gasteiger partial charge is 0.0556 e. The molecule has 9 heavy (non-hydrogen) atoms. The first kappa shape index (κ1) is 6.10. The van der Waals surface area contributed by atoms with Crippen LogP contribution in [-0.4, -0.2) is 6.21 Å². The molecule has 1 rings (SSSR count). The summed E-state index contributed by atoms with van der Waals surface area (Å²) >= 11 is 0. The number of allylic oxidation sites excluding steroid dienone is 1. The van der Waals surface area contributed by atoms with E-state index in [-0.39, 0.29) is 0 Å². The summed E-state index contributed by atoms with van der Waals surface area (Å²) in [5.41, 5.74) is 0. The van der Waals surface area contributed by atoms with Gasteiger partial charge in [-0.3, -0.25) is 4.99 Å². The Morgan fingerprint density at radius 3 is 3.33 bits per heavy atom. The standard InChI is InChI=1S/C8H9N/c1-2-8-5-3-4-6-9-7-8/h4,6-8H,2H2,1H3. The molecule has 0 N–H and O–H groups in total. The SMILES string of the molecule is CCC1C#CC=CN=C1. The van der Waals surface area contributed by atoms with Crippen LogP contribution >= 0.6 is 0 Å². The Bertz CT molecular complexity index is 190. The van der Waals surface area contributed by atoms with E-state index < -0.39 is 0 Å². The maximum Gasteiger partial charge on any atom is 0.0556 e. The molecule has 0 aromatic heterocycles. The van der Waals surface area contributed by atoms with Crippen LogP contribution in [0, 0.1) is 17.8 Å². The van der Waals surface area contributed by atoms with Gasteiger partial charge >= 0.3 is 0 Å². The van der Waals surface area contributed by atoms with Gasteiger partial charge < -0.3 is 0 Å². The van der Waals surface area contributed by atoms with Crippen LogP contribution in [0.5, 0.6) is 0 Å². The second-order valence-corrected chi connectivity index (χ2v) is 1.92. The molecule has 1 nitrogen and oxygen atoms in total. The van der Waals surface area contributed by atoms with Crippen LogP contribution in [0.3, 0.4) is 0 Å². The lowest BCUT2D eigenvalue weighted by atomic mass is 10.1. The Labute approximate surface area is 55.5 Å². The predicted molar refractivity (Wildman–Crippen MR) is 39.2 cm³/mol. The fraction of sp³-hybridized carbons (Fsp3) is 0.375. The van der Waals surface area contributed by atoms with E-state index in [1.165, 1.54) is 0 Å². The summed E-state index contributed by atoms with van der Waals surface area (Å²) in [5, 5.41) is 0. The largest absolute Gasteiger partial charge is 0.267 e. The van der Waals surface area contributed by atoms with Crippen LogP contribution in [0.15, 0.2) is 17.3 Å². The van der Waals surface area contributed by atoms with Crippen molar-refractivity contribution >= 4 is 6.21 Å². The highest BCUT2D eigenvalue weighted by Crippen LogP contribution is 1.98. The lowest BCUT2D eigenvalue weighted by Crippen LogP contribution is -1.93. The number of rotatable bonds is 1. The van der Waals surface area contributed by atoms with E-state index >= 15 is 0 Å². The molecule has 1 unspecified atom stereocenters. The van der Waals surface area contributed by atoms with Crippen molar-refractivity contribution in [3.05, 3.63) is 12.3 Å². The molecular weight excluding hydrogens is 110 g/mol. The Morgan fingerprint density at radius 1 is 1.67 bits per heavy atom. The topological polar surface area (TPSA) is 12.4 Å². The van der Waals surface area contributed by atoms with Gasteiger partial charge in [-0.15, -0.1) is 0 Å². The average Bonchev–Trinajstić information content (AvgIpc) is 2.13. The Hall–Kier alpha value is -1.03. The Balaban J connectivity index is 2.64. The van der Waals surface area contributed by atoms with Gasteiger partial charge in [0.2, 0.25) is 0 Å². The van der Waals surface area contributed by atoms with Gasteiger partial charge in [-0.05, 0) is 6.42 Å². The molecule has 0 aromatic rings. The predicted octanol–water partition coefficient (Wildman–Crippen LogP) is 1.61. The van der Waals surface area contributed by atoms with Crippen LogP contribution < -0.4 is 0 Å². The van der Waals surface area contributed by atoms with Gasteiger partial charge in [0.15, 0.2) is 0 Å². The fourth-order valence-electron chi connectivity index (χ4n) is 0.634. The highest BCUT2D eigenvalue weighted by molar-refractivity contribution is 5.66. The summed E-state index contributed by atoms with van der Waals surface area (Å²) in [4.78, 5) is 3.99. The van der Waals surface area contributed by atoms with Gasteiger partial charge in [-0.2, -0.15) is 0 Å². The number of hydrogen-bond donors (Lipinski definition) is 0. The Morgan fingerprint density at radius 2 is 2.56 bits per heavy atom. The molecule has 0 radical (unpaired) electrons. The zero-order chi connectivity index (χ0) is 6.53. The Kier molecular flexibility index (Phi) is 2.09. The first-order valence-corrected chi connectivity index (χ1v) is 3.13. The molecule has 0 aromatic carbocycles. The van der Waals surface area contributed by atoms with Crippen molar-refractivity contribution in [2.45, 2.75) is 13.3 Å². The van der Waals surface area contributed by atoms with E-state index in [4.69, 9.17) is 0 Å². The summed E-state index contributed by atoms with van der Waals surface area (Å²) in [7, 11) is 0. The minimum atomic E-state index is 0.361. The molecule has 1 heteroatoms. The van der Waals surface area contributed by atoms with E-state index in [9.17, 15) is 0 Å². The lowest BCUT2D eigenvalue weighted by molar-refractivity contribution is 0.859. The lowest BCUT2D eigenvalue weighted by Gasteiger charge is -1.93.